The maximum absolute atomic E-state index is 9.93. The fourth-order valence-corrected chi connectivity index (χ4v) is 0.453. The lowest BCUT2D eigenvalue weighted by atomic mass is 10.1. The molecule has 0 aromatic heterocycles. The maximum Gasteiger partial charge on any atom is 0.332 e. The van der Waals surface area contributed by atoms with Crippen molar-refractivity contribution in [1.29, 1.82) is 0 Å². The van der Waals surface area contributed by atoms with Gasteiger partial charge in [-0.3, -0.25) is 0 Å². The highest BCUT2D eigenvalue weighted by molar-refractivity contribution is 5.71. The fraction of sp³-hybridized carbons (Fsp3) is 0.800. The Morgan fingerprint density at radius 2 is 2.22 bits per heavy atom. The molecule has 0 aliphatic rings. The third-order valence-electron chi connectivity index (χ3n) is 0.880. The maximum atomic E-state index is 9.93. The Morgan fingerprint density at radius 3 is 2.33 bits per heavy atom. The molecule has 0 aliphatic heterocycles. The Balaban J connectivity index is 3.50. The van der Waals surface area contributed by atoms with E-state index in [4.69, 9.17) is 15.9 Å². The van der Waals surface area contributed by atoms with Crippen molar-refractivity contribution in [1.82, 2.24) is 0 Å². The van der Waals surface area contributed by atoms with Crippen molar-refractivity contribution in [2.45, 2.75) is 25.5 Å². The van der Waals surface area contributed by atoms with Crippen LogP contribution in [0.4, 0.5) is 0 Å². The van der Waals surface area contributed by atoms with Crippen LogP contribution < -0.4 is 5.73 Å². The van der Waals surface area contributed by atoms with Gasteiger partial charge in [0, 0.05) is 6.04 Å². The molecule has 2 atom stereocenters. The zero-order chi connectivity index (χ0) is 7.44. The molecule has 0 rings (SSSR count). The standard InChI is InChI=1S/C5H11NO3/c1-3(6)2-4(7)5(8)9/h3-4,7H,2,6H2,1H3,(H,8,9)/t3-,4+/m0/s1. The van der Waals surface area contributed by atoms with E-state index >= 15 is 0 Å². The summed E-state index contributed by atoms with van der Waals surface area (Å²) in [7, 11) is 0. The highest BCUT2D eigenvalue weighted by Gasteiger charge is 2.13. The second-order valence-electron chi connectivity index (χ2n) is 2.07. The Bertz CT molecular complexity index is 102. The number of rotatable bonds is 3. The monoisotopic (exact) mass is 133 g/mol. The first-order chi connectivity index (χ1) is 4.04. The number of hydrogen-bond donors (Lipinski definition) is 3. The van der Waals surface area contributed by atoms with Crippen molar-refractivity contribution in [2.75, 3.05) is 0 Å². The molecule has 4 nitrogen and oxygen atoms in total. The summed E-state index contributed by atoms with van der Waals surface area (Å²) in [4.78, 5) is 9.93. The molecule has 54 valence electrons. The van der Waals surface area contributed by atoms with E-state index in [-0.39, 0.29) is 12.5 Å². The normalized spacial score (nSPS) is 16.8. The molecule has 0 aromatic carbocycles. The van der Waals surface area contributed by atoms with E-state index in [2.05, 4.69) is 0 Å². The van der Waals surface area contributed by atoms with Gasteiger partial charge in [0.25, 0.3) is 0 Å². The molecule has 4 N–H and O–H groups in total. The lowest BCUT2D eigenvalue weighted by molar-refractivity contribution is -0.147. The summed E-state index contributed by atoms with van der Waals surface area (Å²) in [6, 6.07) is -0.268. The first-order valence-electron chi connectivity index (χ1n) is 2.70. The van der Waals surface area contributed by atoms with E-state index in [1.807, 2.05) is 0 Å². The molecule has 0 saturated carbocycles. The van der Waals surface area contributed by atoms with Gasteiger partial charge < -0.3 is 15.9 Å². The number of aliphatic carboxylic acids is 1. The van der Waals surface area contributed by atoms with E-state index in [9.17, 15) is 4.79 Å². The Morgan fingerprint density at radius 1 is 1.78 bits per heavy atom. The van der Waals surface area contributed by atoms with Crippen molar-refractivity contribution in [3.63, 3.8) is 0 Å². The van der Waals surface area contributed by atoms with Crippen LogP contribution in [0.5, 0.6) is 0 Å². The van der Waals surface area contributed by atoms with Gasteiger partial charge in [0.2, 0.25) is 0 Å². The SMILES string of the molecule is C[C@H](N)C[C@@H](O)C(=O)O. The predicted octanol–water partition coefficient (Wildman–Crippen LogP) is -0.831. The molecule has 0 aromatic rings. The van der Waals surface area contributed by atoms with Gasteiger partial charge in [0.15, 0.2) is 6.10 Å². The average Bonchev–Trinajstić information content (AvgIpc) is 1.63. The Kier molecular flexibility index (Phi) is 3.19. The molecule has 0 spiro atoms. The van der Waals surface area contributed by atoms with Crippen LogP contribution in [0, 0.1) is 0 Å². The van der Waals surface area contributed by atoms with Crippen LogP contribution in [0.15, 0.2) is 0 Å². The third kappa shape index (κ3) is 3.93. The minimum atomic E-state index is -1.31. The summed E-state index contributed by atoms with van der Waals surface area (Å²) in [5.74, 6) is -1.22. The zero-order valence-corrected chi connectivity index (χ0v) is 5.24. The molecule has 0 unspecified atom stereocenters. The molecule has 9 heavy (non-hydrogen) atoms. The zero-order valence-electron chi connectivity index (χ0n) is 5.24. The molecule has 0 fully saturated rings. The van der Waals surface area contributed by atoms with Crippen LogP contribution >= 0.6 is 0 Å². The molecule has 4 heteroatoms. The molecular weight excluding hydrogens is 122 g/mol. The predicted molar refractivity (Wildman–Crippen MR) is 31.9 cm³/mol. The molecule has 0 amide bonds. The number of aliphatic hydroxyl groups excluding tert-OH is 1. The second kappa shape index (κ2) is 3.42. The van der Waals surface area contributed by atoms with Gasteiger partial charge in [-0.2, -0.15) is 0 Å². The number of nitrogens with two attached hydrogens (primary N) is 1. The Labute approximate surface area is 53.3 Å². The van der Waals surface area contributed by atoms with Crippen LogP contribution in [0.25, 0.3) is 0 Å². The molecule has 0 saturated heterocycles. The highest BCUT2D eigenvalue weighted by atomic mass is 16.4. The van der Waals surface area contributed by atoms with Crippen molar-refractivity contribution in [3.05, 3.63) is 0 Å². The van der Waals surface area contributed by atoms with Crippen LogP contribution in [-0.2, 0) is 4.79 Å². The quantitative estimate of drug-likeness (QED) is 0.469. The van der Waals surface area contributed by atoms with E-state index in [0.29, 0.717) is 0 Å². The van der Waals surface area contributed by atoms with Crippen molar-refractivity contribution in [2.24, 2.45) is 5.73 Å². The average molecular weight is 133 g/mol. The van der Waals surface area contributed by atoms with Crippen LogP contribution in [-0.4, -0.2) is 28.3 Å². The Hall–Kier alpha value is -0.610. The van der Waals surface area contributed by atoms with Crippen molar-refractivity contribution >= 4 is 5.97 Å². The fourth-order valence-electron chi connectivity index (χ4n) is 0.453. The summed E-state index contributed by atoms with van der Waals surface area (Å²) < 4.78 is 0. The molecule has 0 aliphatic carbocycles. The summed E-state index contributed by atoms with van der Waals surface area (Å²) >= 11 is 0. The molecule has 0 radical (unpaired) electrons. The minimum Gasteiger partial charge on any atom is -0.479 e. The van der Waals surface area contributed by atoms with Gasteiger partial charge in [0.05, 0.1) is 0 Å². The number of carboxylic acid groups (broad SMARTS) is 1. The van der Waals surface area contributed by atoms with E-state index in [0.717, 1.165) is 0 Å². The molecular formula is C5H11NO3. The smallest absolute Gasteiger partial charge is 0.332 e. The number of carboxylic acids is 1. The lowest BCUT2D eigenvalue weighted by Crippen LogP contribution is -2.28. The largest absolute Gasteiger partial charge is 0.479 e. The van der Waals surface area contributed by atoms with Crippen LogP contribution in [0.2, 0.25) is 0 Å². The van der Waals surface area contributed by atoms with Crippen LogP contribution in [0.3, 0.4) is 0 Å². The molecule has 0 bridgehead atoms. The van der Waals surface area contributed by atoms with Crippen molar-refractivity contribution < 1.29 is 15.0 Å². The number of carbonyl (C=O) groups is 1. The second-order valence-corrected chi connectivity index (χ2v) is 2.07. The topological polar surface area (TPSA) is 83.5 Å². The van der Waals surface area contributed by atoms with E-state index in [1.54, 1.807) is 6.92 Å². The van der Waals surface area contributed by atoms with Crippen molar-refractivity contribution in [3.8, 4) is 0 Å². The van der Waals surface area contributed by atoms with Gasteiger partial charge in [-0.05, 0) is 13.3 Å². The lowest BCUT2D eigenvalue weighted by Gasteiger charge is -2.06. The first kappa shape index (κ1) is 8.39. The molecule has 0 heterocycles. The van der Waals surface area contributed by atoms with E-state index in [1.165, 1.54) is 0 Å². The van der Waals surface area contributed by atoms with Gasteiger partial charge in [0.1, 0.15) is 0 Å². The third-order valence-corrected chi connectivity index (χ3v) is 0.880. The van der Waals surface area contributed by atoms with Gasteiger partial charge in [-0.25, -0.2) is 4.79 Å². The minimum absolute atomic E-state index is 0.106. The van der Waals surface area contributed by atoms with Gasteiger partial charge >= 0.3 is 5.97 Å². The summed E-state index contributed by atoms with van der Waals surface area (Å²) in [5, 5.41) is 16.7. The van der Waals surface area contributed by atoms with Crippen LogP contribution in [0.1, 0.15) is 13.3 Å². The highest BCUT2D eigenvalue weighted by Crippen LogP contribution is 1.93. The van der Waals surface area contributed by atoms with Gasteiger partial charge in [-0.15, -0.1) is 0 Å². The summed E-state index contributed by atoms with van der Waals surface area (Å²) in [6.07, 6.45) is -1.21. The van der Waals surface area contributed by atoms with E-state index < -0.39 is 12.1 Å². The first-order valence-corrected chi connectivity index (χ1v) is 2.70. The summed E-state index contributed by atoms with van der Waals surface area (Å²) in [5.41, 5.74) is 5.21. The number of hydrogen-bond acceptors (Lipinski definition) is 3. The summed E-state index contributed by atoms with van der Waals surface area (Å²) in [6.45, 7) is 1.64. The number of aliphatic hydroxyl groups is 1. The van der Waals surface area contributed by atoms with Gasteiger partial charge in [-0.1, -0.05) is 0 Å².